The number of esters is 1. The number of nitrogens with one attached hydrogen (secondary N) is 1. The Morgan fingerprint density at radius 1 is 1.38 bits per heavy atom. The highest BCUT2D eigenvalue weighted by Crippen LogP contribution is 1.98. The Kier molecular flexibility index (Phi) is 6.59. The van der Waals surface area contributed by atoms with Crippen molar-refractivity contribution in [3.05, 3.63) is 0 Å². The first kappa shape index (κ1) is 12.4. The molecule has 1 atom stereocenters. The van der Waals surface area contributed by atoms with Gasteiger partial charge in [0.1, 0.15) is 0 Å². The van der Waals surface area contributed by atoms with Crippen molar-refractivity contribution in [3.63, 3.8) is 0 Å². The molecule has 0 aromatic heterocycles. The van der Waals surface area contributed by atoms with Crippen LogP contribution in [-0.4, -0.2) is 26.2 Å². The first-order valence-corrected chi connectivity index (χ1v) is 4.86. The Hall–Kier alpha value is -0.570. The van der Waals surface area contributed by atoms with Crippen LogP contribution >= 0.6 is 0 Å². The van der Waals surface area contributed by atoms with E-state index in [4.69, 9.17) is 0 Å². The van der Waals surface area contributed by atoms with E-state index in [1.165, 1.54) is 7.11 Å². The normalized spacial score (nSPS) is 13.0. The molecule has 0 unspecified atom stereocenters. The predicted octanol–water partition coefficient (Wildman–Crippen LogP) is 1.43. The molecule has 0 saturated heterocycles. The fourth-order valence-corrected chi connectivity index (χ4v) is 0.994. The molecule has 0 radical (unpaired) electrons. The van der Waals surface area contributed by atoms with E-state index in [9.17, 15) is 4.79 Å². The lowest BCUT2D eigenvalue weighted by Crippen LogP contribution is -2.28. The molecule has 3 heteroatoms. The molecule has 3 nitrogen and oxygen atoms in total. The molecule has 0 amide bonds. The molecule has 0 fully saturated rings. The monoisotopic (exact) mass is 187 g/mol. The molecule has 0 rings (SSSR count). The largest absolute Gasteiger partial charge is 0.469 e. The second-order valence-corrected chi connectivity index (χ2v) is 3.81. The summed E-state index contributed by atoms with van der Waals surface area (Å²) in [7, 11) is 1.42. The summed E-state index contributed by atoms with van der Waals surface area (Å²) in [4.78, 5) is 11.0. The van der Waals surface area contributed by atoms with Crippen LogP contribution < -0.4 is 5.32 Å². The van der Waals surface area contributed by atoms with Crippen molar-refractivity contribution >= 4 is 5.97 Å². The highest BCUT2D eigenvalue weighted by molar-refractivity contribution is 5.71. The lowest BCUT2D eigenvalue weighted by molar-refractivity contribution is -0.144. The van der Waals surface area contributed by atoms with E-state index in [2.05, 4.69) is 23.9 Å². The van der Waals surface area contributed by atoms with Gasteiger partial charge in [-0.05, 0) is 18.9 Å². The second kappa shape index (κ2) is 6.89. The molecule has 0 heterocycles. The van der Waals surface area contributed by atoms with Crippen molar-refractivity contribution in [3.8, 4) is 0 Å². The van der Waals surface area contributed by atoms with Gasteiger partial charge in [-0.1, -0.05) is 20.8 Å². The number of hydrogen-bond acceptors (Lipinski definition) is 3. The van der Waals surface area contributed by atoms with Gasteiger partial charge in [0.2, 0.25) is 0 Å². The zero-order valence-electron chi connectivity index (χ0n) is 9.09. The molecule has 13 heavy (non-hydrogen) atoms. The summed E-state index contributed by atoms with van der Waals surface area (Å²) in [6.45, 7) is 7.92. The maximum Gasteiger partial charge on any atom is 0.309 e. The van der Waals surface area contributed by atoms with Crippen molar-refractivity contribution in [2.75, 3.05) is 20.2 Å². The summed E-state index contributed by atoms with van der Waals surface area (Å²) in [6.07, 6.45) is 1.15. The number of rotatable bonds is 6. The number of ether oxygens (including phenoxy) is 1. The van der Waals surface area contributed by atoms with Crippen molar-refractivity contribution in [1.29, 1.82) is 0 Å². The van der Waals surface area contributed by atoms with E-state index in [1.54, 1.807) is 0 Å². The Labute approximate surface area is 80.8 Å². The minimum absolute atomic E-state index is 0.0443. The van der Waals surface area contributed by atoms with Crippen LogP contribution in [-0.2, 0) is 9.53 Å². The number of hydrogen-bond donors (Lipinski definition) is 1. The van der Waals surface area contributed by atoms with Gasteiger partial charge in [0.15, 0.2) is 0 Å². The van der Waals surface area contributed by atoms with E-state index < -0.39 is 0 Å². The molecule has 0 bridgehead atoms. The van der Waals surface area contributed by atoms with Crippen LogP contribution in [0.15, 0.2) is 0 Å². The summed E-state index contributed by atoms with van der Waals surface area (Å²) >= 11 is 0. The van der Waals surface area contributed by atoms with Crippen molar-refractivity contribution in [2.45, 2.75) is 27.2 Å². The van der Waals surface area contributed by atoms with Gasteiger partial charge in [-0.2, -0.15) is 0 Å². The van der Waals surface area contributed by atoms with E-state index in [-0.39, 0.29) is 11.9 Å². The molecule has 0 spiro atoms. The van der Waals surface area contributed by atoms with Gasteiger partial charge in [0, 0.05) is 6.54 Å². The lowest BCUT2D eigenvalue weighted by Gasteiger charge is -2.11. The predicted molar refractivity (Wildman–Crippen MR) is 53.5 cm³/mol. The van der Waals surface area contributed by atoms with Gasteiger partial charge in [-0.3, -0.25) is 4.79 Å². The first-order valence-electron chi connectivity index (χ1n) is 4.86. The second-order valence-electron chi connectivity index (χ2n) is 3.81. The van der Waals surface area contributed by atoms with Gasteiger partial charge in [0.25, 0.3) is 0 Å². The Bertz CT molecular complexity index is 146. The van der Waals surface area contributed by atoms with Gasteiger partial charge in [-0.25, -0.2) is 0 Å². The average Bonchev–Trinajstić information content (AvgIpc) is 2.10. The summed E-state index contributed by atoms with van der Waals surface area (Å²) in [5.74, 6) is 0.523. The van der Waals surface area contributed by atoms with Gasteiger partial charge in [-0.15, -0.1) is 0 Å². The van der Waals surface area contributed by atoms with Crippen LogP contribution in [0.4, 0.5) is 0 Å². The van der Waals surface area contributed by atoms with E-state index >= 15 is 0 Å². The molecular formula is C10H21NO2. The molecule has 78 valence electrons. The highest BCUT2D eigenvalue weighted by Gasteiger charge is 2.11. The maximum atomic E-state index is 11.0. The van der Waals surface area contributed by atoms with E-state index in [0.29, 0.717) is 12.5 Å². The molecule has 0 aliphatic rings. The summed E-state index contributed by atoms with van der Waals surface area (Å²) in [5, 5.41) is 3.23. The van der Waals surface area contributed by atoms with Crippen LogP contribution in [0.2, 0.25) is 0 Å². The van der Waals surface area contributed by atoms with E-state index in [1.807, 2.05) is 6.92 Å². The standard InChI is InChI=1S/C10H21NO2/c1-8(2)5-6-11-7-9(3)10(12)13-4/h8-9,11H,5-7H2,1-4H3/t9-/m0/s1. The third kappa shape index (κ3) is 6.58. The van der Waals surface area contributed by atoms with Crippen LogP contribution in [0.25, 0.3) is 0 Å². The Morgan fingerprint density at radius 3 is 2.46 bits per heavy atom. The van der Waals surface area contributed by atoms with Gasteiger partial charge >= 0.3 is 5.97 Å². The van der Waals surface area contributed by atoms with Gasteiger partial charge in [0.05, 0.1) is 13.0 Å². The first-order chi connectivity index (χ1) is 6.07. The average molecular weight is 187 g/mol. The van der Waals surface area contributed by atoms with Crippen molar-refractivity contribution in [2.24, 2.45) is 11.8 Å². The Morgan fingerprint density at radius 2 is 2.00 bits per heavy atom. The number of carbonyl (C=O) groups excluding carboxylic acids is 1. The molecule has 0 aliphatic heterocycles. The Balaban J connectivity index is 3.37. The summed E-state index contributed by atoms with van der Waals surface area (Å²) in [6, 6.07) is 0. The van der Waals surface area contributed by atoms with Gasteiger partial charge < -0.3 is 10.1 Å². The summed E-state index contributed by atoms with van der Waals surface area (Å²) < 4.78 is 4.61. The molecule has 0 aromatic carbocycles. The SMILES string of the molecule is COC(=O)[C@@H](C)CNCCC(C)C. The number of carbonyl (C=O) groups is 1. The third-order valence-electron chi connectivity index (χ3n) is 1.95. The molecular weight excluding hydrogens is 166 g/mol. The third-order valence-corrected chi connectivity index (χ3v) is 1.95. The zero-order chi connectivity index (χ0) is 10.3. The minimum Gasteiger partial charge on any atom is -0.469 e. The smallest absolute Gasteiger partial charge is 0.309 e. The fraction of sp³-hybridized carbons (Fsp3) is 0.900. The topological polar surface area (TPSA) is 38.3 Å². The molecule has 0 aromatic rings. The van der Waals surface area contributed by atoms with Crippen LogP contribution in [0.3, 0.4) is 0 Å². The zero-order valence-corrected chi connectivity index (χ0v) is 9.09. The summed E-state index contributed by atoms with van der Waals surface area (Å²) in [5.41, 5.74) is 0. The van der Waals surface area contributed by atoms with Crippen molar-refractivity contribution < 1.29 is 9.53 Å². The highest BCUT2D eigenvalue weighted by atomic mass is 16.5. The van der Waals surface area contributed by atoms with Crippen LogP contribution in [0, 0.1) is 11.8 Å². The minimum atomic E-state index is -0.142. The molecule has 0 aliphatic carbocycles. The number of methoxy groups -OCH3 is 1. The molecule has 0 saturated carbocycles. The van der Waals surface area contributed by atoms with Crippen LogP contribution in [0.1, 0.15) is 27.2 Å². The quantitative estimate of drug-likeness (QED) is 0.505. The van der Waals surface area contributed by atoms with Crippen LogP contribution in [0.5, 0.6) is 0 Å². The fourth-order valence-electron chi connectivity index (χ4n) is 0.994. The maximum absolute atomic E-state index is 11.0. The van der Waals surface area contributed by atoms with Crippen molar-refractivity contribution in [1.82, 2.24) is 5.32 Å². The lowest BCUT2D eigenvalue weighted by atomic mass is 10.1. The molecule has 1 N–H and O–H groups in total. The van der Waals surface area contributed by atoms with E-state index in [0.717, 1.165) is 13.0 Å².